The molecule has 0 amide bonds. The second-order valence-electron chi connectivity index (χ2n) is 6.63. The molecule has 5 nitrogen and oxygen atoms in total. The van der Waals surface area contributed by atoms with E-state index in [4.69, 9.17) is 9.47 Å². The summed E-state index contributed by atoms with van der Waals surface area (Å²) in [5, 5.41) is 6.86. The molecule has 1 atom stereocenters. The van der Waals surface area contributed by atoms with Gasteiger partial charge in [-0.05, 0) is 38.0 Å². The monoisotopic (exact) mass is 507 g/mol. The van der Waals surface area contributed by atoms with Crippen LogP contribution in [0, 0.1) is 0 Å². The minimum Gasteiger partial charge on any atom is -0.381 e. The van der Waals surface area contributed by atoms with Gasteiger partial charge in [0.05, 0.1) is 6.10 Å². The fraction of sp³-hybridized carbons (Fsp3) is 0.650. The molecule has 0 aromatic heterocycles. The fourth-order valence-corrected chi connectivity index (χ4v) is 3.81. The zero-order valence-corrected chi connectivity index (χ0v) is 19.8. The molecule has 1 saturated heterocycles. The molecule has 1 aromatic rings. The van der Waals surface area contributed by atoms with Crippen molar-refractivity contribution in [1.82, 2.24) is 10.6 Å². The maximum Gasteiger partial charge on any atom is 0.191 e. The molecular weight excluding hydrogens is 473 g/mol. The topological polar surface area (TPSA) is 54.9 Å². The van der Waals surface area contributed by atoms with Crippen molar-refractivity contribution < 1.29 is 9.47 Å². The van der Waals surface area contributed by atoms with E-state index < -0.39 is 0 Å². The Morgan fingerprint density at radius 1 is 1.26 bits per heavy atom. The Hall–Kier alpha value is -0.510. The lowest BCUT2D eigenvalue weighted by molar-refractivity contribution is 0.0646. The Morgan fingerprint density at radius 3 is 2.59 bits per heavy atom. The molecule has 0 radical (unpaired) electrons. The number of ether oxygens (including phenoxy) is 2. The first-order valence-corrected chi connectivity index (χ1v) is 10.7. The van der Waals surface area contributed by atoms with E-state index in [0.29, 0.717) is 0 Å². The van der Waals surface area contributed by atoms with E-state index in [1.807, 2.05) is 37.0 Å². The molecular formula is C20H34IN3O2S. The van der Waals surface area contributed by atoms with Gasteiger partial charge in [0.15, 0.2) is 5.96 Å². The van der Waals surface area contributed by atoms with Crippen LogP contribution in [0.25, 0.3) is 0 Å². The lowest BCUT2D eigenvalue weighted by Crippen LogP contribution is -2.48. The predicted molar refractivity (Wildman–Crippen MR) is 127 cm³/mol. The third kappa shape index (κ3) is 8.58. The maximum atomic E-state index is 5.91. The molecule has 0 saturated carbocycles. The number of nitrogens with zero attached hydrogens (tertiary/aromatic N) is 1. The molecule has 0 bridgehead atoms. The van der Waals surface area contributed by atoms with Gasteiger partial charge in [-0.3, -0.25) is 4.99 Å². The van der Waals surface area contributed by atoms with Crippen molar-refractivity contribution in [3.05, 3.63) is 35.9 Å². The van der Waals surface area contributed by atoms with Crippen LogP contribution in [0.5, 0.6) is 0 Å². The lowest BCUT2D eigenvalue weighted by atomic mass is 9.99. The van der Waals surface area contributed by atoms with Crippen LogP contribution in [0.4, 0.5) is 0 Å². The van der Waals surface area contributed by atoms with Crippen molar-refractivity contribution in [1.29, 1.82) is 0 Å². The van der Waals surface area contributed by atoms with Crippen molar-refractivity contribution in [3.63, 3.8) is 0 Å². The van der Waals surface area contributed by atoms with Gasteiger partial charge in [-0.15, -0.1) is 24.0 Å². The number of rotatable bonds is 9. The summed E-state index contributed by atoms with van der Waals surface area (Å²) in [4.78, 5) is 4.33. The van der Waals surface area contributed by atoms with Crippen LogP contribution in [0.15, 0.2) is 35.3 Å². The van der Waals surface area contributed by atoms with Gasteiger partial charge in [0.2, 0.25) is 0 Å². The first-order chi connectivity index (χ1) is 12.7. The zero-order chi connectivity index (χ0) is 18.7. The summed E-state index contributed by atoms with van der Waals surface area (Å²) in [6, 6.07) is 10.3. The standard InChI is InChI=1S/C20H33N3O2S.HI/c1-17(18-8-5-4-6-9-18)25-13-7-12-22-19(21-2)23-16-20(26-3)10-14-24-15-11-20;/h4-6,8-9,17H,7,10-16H2,1-3H3,(H2,21,22,23);1H. The number of thioether (sulfide) groups is 1. The predicted octanol–water partition coefficient (Wildman–Crippen LogP) is 3.85. The summed E-state index contributed by atoms with van der Waals surface area (Å²) in [7, 11) is 1.82. The summed E-state index contributed by atoms with van der Waals surface area (Å²) < 4.78 is 11.7. The molecule has 1 aromatic carbocycles. The molecule has 0 spiro atoms. The van der Waals surface area contributed by atoms with Gasteiger partial charge >= 0.3 is 0 Å². The number of hydrogen-bond donors (Lipinski definition) is 2. The zero-order valence-electron chi connectivity index (χ0n) is 16.7. The highest BCUT2D eigenvalue weighted by Crippen LogP contribution is 2.32. The normalized spacial score (nSPS) is 17.7. The number of benzene rings is 1. The Bertz CT molecular complexity index is 539. The molecule has 1 unspecified atom stereocenters. The van der Waals surface area contributed by atoms with Crippen LogP contribution >= 0.6 is 35.7 Å². The third-order valence-corrected chi connectivity index (χ3v) is 6.31. The molecule has 27 heavy (non-hydrogen) atoms. The van der Waals surface area contributed by atoms with Crippen LogP contribution < -0.4 is 10.6 Å². The number of nitrogens with one attached hydrogen (secondary N) is 2. The van der Waals surface area contributed by atoms with Crippen LogP contribution in [0.2, 0.25) is 0 Å². The van der Waals surface area contributed by atoms with Crippen LogP contribution in [0.3, 0.4) is 0 Å². The molecule has 154 valence electrons. The Morgan fingerprint density at radius 2 is 1.96 bits per heavy atom. The largest absolute Gasteiger partial charge is 0.381 e. The molecule has 1 aliphatic heterocycles. The average Bonchev–Trinajstić information content (AvgIpc) is 2.71. The molecule has 1 aliphatic rings. The van der Waals surface area contributed by atoms with E-state index in [2.05, 4.69) is 40.9 Å². The second kappa shape index (κ2) is 13.6. The number of halogens is 1. The minimum absolute atomic E-state index is 0. The van der Waals surface area contributed by atoms with Crippen molar-refractivity contribution in [2.24, 2.45) is 4.99 Å². The second-order valence-corrected chi connectivity index (χ2v) is 7.90. The van der Waals surface area contributed by atoms with E-state index in [9.17, 15) is 0 Å². The highest BCUT2D eigenvalue weighted by molar-refractivity contribution is 14.0. The molecule has 7 heteroatoms. The Kier molecular flexibility index (Phi) is 12.4. The van der Waals surface area contributed by atoms with Gasteiger partial charge in [0.25, 0.3) is 0 Å². The van der Waals surface area contributed by atoms with Crippen molar-refractivity contribution in [2.45, 2.75) is 37.0 Å². The van der Waals surface area contributed by atoms with Crippen molar-refractivity contribution >= 4 is 41.7 Å². The Labute approximate surface area is 185 Å². The average molecular weight is 507 g/mol. The number of hydrogen-bond acceptors (Lipinski definition) is 4. The molecule has 0 aliphatic carbocycles. The van der Waals surface area contributed by atoms with E-state index >= 15 is 0 Å². The first kappa shape index (κ1) is 24.5. The van der Waals surface area contributed by atoms with Crippen LogP contribution in [-0.2, 0) is 9.47 Å². The lowest BCUT2D eigenvalue weighted by Gasteiger charge is -2.36. The summed E-state index contributed by atoms with van der Waals surface area (Å²) >= 11 is 1.93. The highest BCUT2D eigenvalue weighted by atomic mass is 127. The fourth-order valence-electron chi connectivity index (χ4n) is 3.02. The summed E-state index contributed by atoms with van der Waals surface area (Å²) in [5.74, 6) is 0.862. The van der Waals surface area contributed by atoms with Gasteiger partial charge in [-0.1, -0.05) is 30.3 Å². The van der Waals surface area contributed by atoms with Gasteiger partial charge in [0, 0.05) is 44.7 Å². The van der Waals surface area contributed by atoms with Crippen LogP contribution in [0.1, 0.15) is 37.9 Å². The number of guanidine groups is 1. The van der Waals surface area contributed by atoms with E-state index in [-0.39, 0.29) is 34.8 Å². The maximum absolute atomic E-state index is 5.91. The van der Waals surface area contributed by atoms with E-state index in [1.54, 1.807) is 0 Å². The van der Waals surface area contributed by atoms with E-state index in [0.717, 1.165) is 58.1 Å². The van der Waals surface area contributed by atoms with Gasteiger partial charge in [-0.25, -0.2) is 0 Å². The first-order valence-electron chi connectivity index (χ1n) is 9.43. The summed E-state index contributed by atoms with van der Waals surface area (Å²) in [6.07, 6.45) is 5.43. The summed E-state index contributed by atoms with van der Waals surface area (Å²) in [6.45, 7) is 6.29. The van der Waals surface area contributed by atoms with E-state index in [1.165, 1.54) is 5.56 Å². The van der Waals surface area contributed by atoms with Gasteiger partial charge < -0.3 is 20.1 Å². The quantitative estimate of drug-likeness (QED) is 0.230. The smallest absolute Gasteiger partial charge is 0.191 e. The van der Waals surface area contributed by atoms with Gasteiger partial charge in [0.1, 0.15) is 0 Å². The van der Waals surface area contributed by atoms with Crippen molar-refractivity contribution in [2.75, 3.05) is 46.2 Å². The third-order valence-electron chi connectivity index (χ3n) is 4.89. The molecule has 2 rings (SSSR count). The van der Waals surface area contributed by atoms with Gasteiger partial charge in [-0.2, -0.15) is 11.8 Å². The molecule has 2 N–H and O–H groups in total. The highest BCUT2D eigenvalue weighted by Gasteiger charge is 2.31. The van der Waals surface area contributed by atoms with Crippen LogP contribution in [-0.4, -0.2) is 56.9 Å². The summed E-state index contributed by atoms with van der Waals surface area (Å²) in [5.41, 5.74) is 1.22. The molecule has 1 heterocycles. The molecule has 1 fully saturated rings. The SMILES string of the molecule is CN=C(NCCCOC(C)c1ccccc1)NCC1(SC)CCOCC1.I. The number of aliphatic imine (C=N–C) groups is 1. The Balaban J connectivity index is 0.00000364. The minimum atomic E-state index is 0. The van der Waals surface area contributed by atoms with Crippen molar-refractivity contribution in [3.8, 4) is 0 Å².